The monoisotopic (exact) mass is 395 g/mol. The lowest BCUT2D eigenvalue weighted by atomic mass is 9.75. The van der Waals surface area contributed by atoms with Crippen molar-refractivity contribution < 1.29 is 14.6 Å². The van der Waals surface area contributed by atoms with Crippen molar-refractivity contribution in [2.45, 2.75) is 45.7 Å². The van der Waals surface area contributed by atoms with E-state index in [1.54, 1.807) is 26.4 Å². The topological polar surface area (TPSA) is 90.4 Å². The van der Waals surface area contributed by atoms with Crippen molar-refractivity contribution in [3.05, 3.63) is 60.7 Å². The van der Waals surface area contributed by atoms with Crippen LogP contribution in [0.25, 0.3) is 10.8 Å². The summed E-state index contributed by atoms with van der Waals surface area (Å²) in [6, 6.07) is 12.0. The number of hydrogen-bond acceptors (Lipinski definition) is 4. The first-order chi connectivity index (χ1) is 13.4. The Kier molecular flexibility index (Phi) is 5.17. The quantitative estimate of drug-likeness (QED) is 0.630. The Labute approximate surface area is 171 Å². The van der Waals surface area contributed by atoms with Crippen LogP contribution < -0.4 is 10.5 Å². The molecule has 3 aromatic rings. The molecule has 154 valence electrons. The molecule has 1 heterocycles. The third-order valence-electron chi connectivity index (χ3n) is 5.83. The van der Waals surface area contributed by atoms with Crippen molar-refractivity contribution >= 4 is 16.7 Å². The molecule has 0 saturated carbocycles. The predicted octanol–water partition coefficient (Wildman–Crippen LogP) is 4.03. The van der Waals surface area contributed by atoms with Crippen LogP contribution in [0, 0.1) is 5.41 Å². The standard InChI is InChI=1S/C23H29N3O3/c1-21(2,20(27)28)14-29-19-9-7-16-12-18(8-6-17(16)13-19)23(5,22(3,4)24)26-11-10-25-15-26/h6-13,15H,14,24H2,1-5H3,(H,27,28). The number of carboxylic acids is 1. The van der Waals surface area contributed by atoms with Crippen LogP contribution in [-0.2, 0) is 10.3 Å². The predicted molar refractivity (Wildman–Crippen MR) is 114 cm³/mol. The lowest BCUT2D eigenvalue weighted by Gasteiger charge is -2.43. The second-order valence-corrected chi connectivity index (χ2v) is 8.97. The molecule has 0 aliphatic heterocycles. The summed E-state index contributed by atoms with van der Waals surface area (Å²) in [5.41, 5.74) is 5.70. The van der Waals surface area contributed by atoms with Gasteiger partial charge in [-0.05, 0) is 69.2 Å². The zero-order valence-electron chi connectivity index (χ0n) is 17.6. The molecule has 2 aromatic carbocycles. The van der Waals surface area contributed by atoms with Gasteiger partial charge in [-0.2, -0.15) is 0 Å². The SMILES string of the molecule is CC(C)(COc1ccc2cc(C(C)(n3ccnc3)C(C)(C)N)ccc2c1)C(=O)O. The first-order valence-electron chi connectivity index (χ1n) is 9.63. The molecule has 0 saturated heterocycles. The van der Waals surface area contributed by atoms with Crippen molar-refractivity contribution in [1.29, 1.82) is 0 Å². The maximum atomic E-state index is 11.3. The normalized spacial score (nSPS) is 14.6. The van der Waals surface area contributed by atoms with Crippen LogP contribution in [0.5, 0.6) is 5.75 Å². The average molecular weight is 396 g/mol. The van der Waals surface area contributed by atoms with Gasteiger partial charge in [0.2, 0.25) is 0 Å². The van der Waals surface area contributed by atoms with E-state index in [1.807, 2.05) is 48.9 Å². The van der Waals surface area contributed by atoms with Gasteiger partial charge in [0, 0.05) is 17.9 Å². The summed E-state index contributed by atoms with van der Waals surface area (Å²) in [5, 5.41) is 11.3. The molecule has 1 atom stereocenters. The van der Waals surface area contributed by atoms with Crippen LogP contribution in [0.1, 0.15) is 40.2 Å². The maximum absolute atomic E-state index is 11.3. The molecule has 0 fully saturated rings. The number of hydrogen-bond donors (Lipinski definition) is 2. The number of ether oxygens (including phenoxy) is 1. The van der Waals surface area contributed by atoms with E-state index in [4.69, 9.17) is 10.5 Å². The van der Waals surface area contributed by atoms with Gasteiger partial charge in [-0.25, -0.2) is 4.98 Å². The molecular formula is C23H29N3O3. The molecular weight excluding hydrogens is 366 g/mol. The molecule has 0 amide bonds. The molecule has 3 N–H and O–H groups in total. The van der Waals surface area contributed by atoms with Crippen LogP contribution in [0.3, 0.4) is 0 Å². The van der Waals surface area contributed by atoms with Gasteiger partial charge < -0.3 is 20.1 Å². The highest BCUT2D eigenvalue weighted by molar-refractivity contribution is 5.85. The molecule has 0 radical (unpaired) electrons. The van der Waals surface area contributed by atoms with Gasteiger partial charge in [0.1, 0.15) is 12.4 Å². The summed E-state index contributed by atoms with van der Waals surface area (Å²) in [6.45, 7) is 9.53. The number of aromatic nitrogens is 2. The van der Waals surface area contributed by atoms with Gasteiger partial charge in [0.25, 0.3) is 0 Å². The van der Waals surface area contributed by atoms with E-state index in [1.165, 1.54) is 0 Å². The van der Waals surface area contributed by atoms with Crippen LogP contribution in [0.2, 0.25) is 0 Å². The fourth-order valence-corrected chi connectivity index (χ4v) is 3.32. The average Bonchev–Trinajstić information content (AvgIpc) is 3.19. The summed E-state index contributed by atoms with van der Waals surface area (Å²) >= 11 is 0. The minimum atomic E-state index is -0.946. The van der Waals surface area contributed by atoms with E-state index in [9.17, 15) is 9.90 Å². The maximum Gasteiger partial charge on any atom is 0.312 e. The van der Waals surface area contributed by atoms with Crippen LogP contribution >= 0.6 is 0 Å². The molecule has 0 bridgehead atoms. The second kappa shape index (κ2) is 7.19. The number of carboxylic acid groups (broad SMARTS) is 1. The van der Waals surface area contributed by atoms with Crippen molar-refractivity contribution in [1.82, 2.24) is 9.55 Å². The molecule has 1 aromatic heterocycles. The summed E-state index contributed by atoms with van der Waals surface area (Å²) in [7, 11) is 0. The van der Waals surface area contributed by atoms with Crippen molar-refractivity contribution in [3.63, 3.8) is 0 Å². The van der Waals surface area contributed by atoms with Gasteiger partial charge in [-0.1, -0.05) is 18.2 Å². The molecule has 29 heavy (non-hydrogen) atoms. The van der Waals surface area contributed by atoms with E-state index in [0.717, 1.165) is 16.3 Å². The Morgan fingerprint density at radius 3 is 2.34 bits per heavy atom. The van der Waals surface area contributed by atoms with Crippen LogP contribution in [-0.4, -0.2) is 32.8 Å². The van der Waals surface area contributed by atoms with Gasteiger partial charge in [0.15, 0.2) is 0 Å². The zero-order chi connectivity index (χ0) is 21.4. The van der Waals surface area contributed by atoms with Crippen molar-refractivity contribution in [2.75, 3.05) is 6.61 Å². The number of benzene rings is 2. The van der Waals surface area contributed by atoms with Gasteiger partial charge >= 0.3 is 5.97 Å². The molecule has 0 spiro atoms. The molecule has 1 unspecified atom stereocenters. The number of rotatable bonds is 7. The van der Waals surface area contributed by atoms with E-state index < -0.39 is 22.5 Å². The van der Waals surface area contributed by atoms with E-state index >= 15 is 0 Å². The first kappa shape index (κ1) is 20.9. The smallest absolute Gasteiger partial charge is 0.312 e. The lowest BCUT2D eigenvalue weighted by Crippen LogP contribution is -2.56. The molecule has 0 aliphatic carbocycles. The number of carbonyl (C=O) groups is 1. The number of nitrogens with zero attached hydrogens (tertiary/aromatic N) is 2. The fourth-order valence-electron chi connectivity index (χ4n) is 3.32. The molecule has 6 nitrogen and oxygen atoms in total. The minimum Gasteiger partial charge on any atom is -0.492 e. The Bertz CT molecular complexity index is 1020. The summed E-state index contributed by atoms with van der Waals surface area (Å²) in [6.07, 6.45) is 5.48. The Hall–Kier alpha value is -2.86. The summed E-state index contributed by atoms with van der Waals surface area (Å²) in [5.74, 6) is -0.234. The van der Waals surface area contributed by atoms with E-state index in [0.29, 0.717) is 5.75 Å². The van der Waals surface area contributed by atoms with Crippen molar-refractivity contribution in [2.24, 2.45) is 11.1 Å². The first-order valence-corrected chi connectivity index (χ1v) is 9.63. The number of aliphatic carboxylic acids is 1. The van der Waals surface area contributed by atoms with E-state index in [-0.39, 0.29) is 6.61 Å². The van der Waals surface area contributed by atoms with Crippen molar-refractivity contribution in [3.8, 4) is 5.75 Å². The molecule has 6 heteroatoms. The highest BCUT2D eigenvalue weighted by Crippen LogP contribution is 2.37. The Morgan fingerprint density at radius 1 is 1.10 bits per heavy atom. The highest BCUT2D eigenvalue weighted by atomic mass is 16.5. The van der Waals surface area contributed by atoms with Gasteiger partial charge in [0.05, 0.1) is 17.3 Å². The Balaban J connectivity index is 1.96. The van der Waals surface area contributed by atoms with Crippen LogP contribution in [0.4, 0.5) is 0 Å². The number of imidazole rings is 1. The summed E-state index contributed by atoms with van der Waals surface area (Å²) in [4.78, 5) is 15.5. The van der Waals surface area contributed by atoms with Gasteiger partial charge in [-0.3, -0.25) is 4.79 Å². The second-order valence-electron chi connectivity index (χ2n) is 8.97. The third-order valence-corrected chi connectivity index (χ3v) is 5.83. The Morgan fingerprint density at radius 2 is 1.76 bits per heavy atom. The number of nitrogens with two attached hydrogens (primary N) is 1. The zero-order valence-corrected chi connectivity index (χ0v) is 17.6. The number of fused-ring (bicyclic) bond motifs is 1. The third kappa shape index (κ3) is 3.85. The van der Waals surface area contributed by atoms with Gasteiger partial charge in [-0.15, -0.1) is 0 Å². The molecule has 0 aliphatic rings. The fraction of sp³-hybridized carbons (Fsp3) is 0.391. The minimum absolute atomic E-state index is 0.103. The molecule has 3 rings (SSSR count). The van der Waals surface area contributed by atoms with E-state index in [2.05, 4.69) is 24.0 Å². The highest BCUT2D eigenvalue weighted by Gasteiger charge is 2.41. The lowest BCUT2D eigenvalue weighted by molar-refractivity contribution is -0.148. The largest absolute Gasteiger partial charge is 0.492 e. The summed E-state index contributed by atoms with van der Waals surface area (Å²) < 4.78 is 7.78. The van der Waals surface area contributed by atoms with Crippen LogP contribution in [0.15, 0.2) is 55.1 Å².